The number of rotatable bonds is 33. The lowest BCUT2D eigenvalue weighted by Crippen LogP contribution is -2.37. The first-order valence-electron chi connectivity index (χ1n) is 18.6. The topological polar surface area (TPSA) is 49.8 Å². The van der Waals surface area contributed by atoms with Crippen molar-refractivity contribution in [3.8, 4) is 0 Å². The van der Waals surface area contributed by atoms with Crippen LogP contribution in [-0.2, 0) is 9.53 Å². The van der Waals surface area contributed by atoms with E-state index in [-0.39, 0.29) is 5.97 Å². The number of hydrogen-bond donors (Lipinski definition) is 1. The van der Waals surface area contributed by atoms with Crippen LogP contribution in [0.3, 0.4) is 0 Å². The number of ether oxygens (including phenoxy) is 1. The third-order valence-electron chi connectivity index (χ3n) is 9.11. The van der Waals surface area contributed by atoms with Gasteiger partial charge >= 0.3 is 5.97 Å². The Bertz CT molecular complexity index is 522. The molecule has 1 N–H and O–H groups in total. The second-order valence-electron chi connectivity index (χ2n) is 12.8. The first-order valence-corrected chi connectivity index (χ1v) is 18.6. The smallest absolute Gasteiger partial charge is 0.305 e. The van der Waals surface area contributed by atoms with E-state index < -0.39 is 0 Å². The third-order valence-corrected chi connectivity index (χ3v) is 9.11. The fourth-order valence-corrected chi connectivity index (χ4v) is 6.03. The molecule has 0 bridgehead atoms. The molecule has 0 fully saturated rings. The highest BCUT2D eigenvalue weighted by Gasteiger charge is 2.17. The van der Waals surface area contributed by atoms with Gasteiger partial charge in [-0.25, -0.2) is 0 Å². The number of esters is 1. The molecule has 0 amide bonds. The minimum absolute atomic E-state index is 0.00552. The normalized spacial score (nSPS) is 12.5. The Kier molecular flexibility index (Phi) is 31.8. The number of hydrogen-bond acceptors (Lipinski definition) is 4. The highest BCUT2D eigenvalue weighted by atomic mass is 16.5. The molecule has 0 saturated heterocycles. The number of aliphatic hydroxyl groups is 1. The van der Waals surface area contributed by atoms with Gasteiger partial charge in [0.15, 0.2) is 0 Å². The lowest BCUT2D eigenvalue weighted by Gasteiger charge is -2.32. The quantitative estimate of drug-likeness (QED) is 0.0618. The first kappa shape index (κ1) is 40.4. The lowest BCUT2D eigenvalue weighted by atomic mass is 9.98. The fraction of sp³-hybridized carbons (Fsp3) is 0.973. The first-order chi connectivity index (χ1) is 20.1. The van der Waals surface area contributed by atoms with Gasteiger partial charge in [-0.1, -0.05) is 156 Å². The second-order valence-corrected chi connectivity index (χ2v) is 12.8. The molecule has 246 valence electrons. The standard InChI is InChI=1S/C37H75NO3/c1-5-9-11-13-15-19-23-28-36(38(32-27-33-39)31-26-22-18-14-12-10-6-2)29-24-20-16-17-21-25-30-37(40)41-34-35(7-3)8-4/h35-36,39H,5-34H2,1-4H3. The van der Waals surface area contributed by atoms with Crippen molar-refractivity contribution in [2.75, 3.05) is 26.3 Å². The minimum atomic E-state index is -0.00552. The van der Waals surface area contributed by atoms with E-state index in [4.69, 9.17) is 4.74 Å². The van der Waals surface area contributed by atoms with Gasteiger partial charge in [0.1, 0.15) is 0 Å². The maximum Gasteiger partial charge on any atom is 0.305 e. The zero-order valence-electron chi connectivity index (χ0n) is 28.6. The van der Waals surface area contributed by atoms with Crippen molar-refractivity contribution in [2.24, 2.45) is 5.92 Å². The van der Waals surface area contributed by atoms with Crippen LogP contribution in [0.4, 0.5) is 0 Å². The van der Waals surface area contributed by atoms with Crippen LogP contribution in [0.15, 0.2) is 0 Å². The number of nitrogens with zero attached hydrogens (tertiary/aromatic N) is 1. The molecule has 0 radical (unpaired) electrons. The highest BCUT2D eigenvalue weighted by Crippen LogP contribution is 2.21. The molecule has 0 spiro atoms. The maximum absolute atomic E-state index is 12.0. The van der Waals surface area contributed by atoms with E-state index in [0.29, 0.717) is 31.6 Å². The van der Waals surface area contributed by atoms with Gasteiger partial charge < -0.3 is 14.7 Å². The van der Waals surface area contributed by atoms with Gasteiger partial charge in [-0.2, -0.15) is 0 Å². The Morgan fingerprint density at radius 2 is 1.02 bits per heavy atom. The molecule has 0 heterocycles. The van der Waals surface area contributed by atoms with Gasteiger partial charge in [0.05, 0.1) is 6.61 Å². The summed E-state index contributed by atoms with van der Waals surface area (Å²) in [5, 5.41) is 9.58. The van der Waals surface area contributed by atoms with Gasteiger partial charge in [-0.15, -0.1) is 0 Å². The van der Waals surface area contributed by atoms with E-state index in [1.807, 2.05) is 0 Å². The second kappa shape index (κ2) is 32.3. The summed E-state index contributed by atoms with van der Waals surface area (Å²) in [7, 11) is 0. The minimum Gasteiger partial charge on any atom is -0.465 e. The van der Waals surface area contributed by atoms with Gasteiger partial charge in [0.2, 0.25) is 0 Å². The molecule has 0 aliphatic heterocycles. The summed E-state index contributed by atoms with van der Waals surface area (Å²) in [4.78, 5) is 14.8. The van der Waals surface area contributed by atoms with Crippen molar-refractivity contribution in [3.63, 3.8) is 0 Å². The molecule has 41 heavy (non-hydrogen) atoms. The molecule has 0 aromatic rings. The van der Waals surface area contributed by atoms with Crippen molar-refractivity contribution >= 4 is 5.97 Å². The summed E-state index contributed by atoms with van der Waals surface area (Å²) in [5.41, 5.74) is 0. The molecule has 1 unspecified atom stereocenters. The zero-order chi connectivity index (χ0) is 30.2. The fourth-order valence-electron chi connectivity index (χ4n) is 6.03. The third kappa shape index (κ3) is 26.7. The van der Waals surface area contributed by atoms with Gasteiger partial charge in [-0.05, 0) is 44.6 Å². The van der Waals surface area contributed by atoms with Crippen LogP contribution in [0, 0.1) is 5.92 Å². The summed E-state index contributed by atoms with van der Waals surface area (Å²) in [6.07, 6.45) is 32.7. The predicted octanol–water partition coefficient (Wildman–Crippen LogP) is 11.0. The summed E-state index contributed by atoms with van der Waals surface area (Å²) >= 11 is 0. The van der Waals surface area contributed by atoms with E-state index in [0.717, 1.165) is 38.6 Å². The number of carbonyl (C=O) groups is 1. The van der Waals surface area contributed by atoms with Crippen LogP contribution in [-0.4, -0.2) is 48.3 Å². The van der Waals surface area contributed by atoms with Gasteiger partial charge in [0, 0.05) is 25.6 Å². The molecule has 0 aliphatic carbocycles. The van der Waals surface area contributed by atoms with Crippen LogP contribution in [0.5, 0.6) is 0 Å². The van der Waals surface area contributed by atoms with Crippen molar-refractivity contribution in [3.05, 3.63) is 0 Å². The van der Waals surface area contributed by atoms with Gasteiger partial charge in [-0.3, -0.25) is 4.79 Å². The maximum atomic E-state index is 12.0. The Morgan fingerprint density at radius 3 is 1.51 bits per heavy atom. The molecule has 0 aromatic carbocycles. The molecule has 0 rings (SSSR count). The molecule has 1 atom stereocenters. The van der Waals surface area contributed by atoms with Crippen molar-refractivity contribution in [1.82, 2.24) is 4.90 Å². The Morgan fingerprint density at radius 1 is 0.585 bits per heavy atom. The van der Waals surface area contributed by atoms with Gasteiger partial charge in [0.25, 0.3) is 0 Å². The van der Waals surface area contributed by atoms with E-state index in [1.165, 1.54) is 135 Å². The Labute approximate surface area is 258 Å². The molecular weight excluding hydrogens is 506 g/mol. The van der Waals surface area contributed by atoms with Crippen molar-refractivity contribution in [2.45, 2.75) is 201 Å². The molecule has 0 aliphatic rings. The summed E-state index contributed by atoms with van der Waals surface area (Å²) in [6.45, 7) is 12.1. The average molecular weight is 582 g/mol. The SMILES string of the molecule is CCCCCCCCCC(CCCCCCCCC(=O)OCC(CC)CC)N(CCCO)CCCCCCCCC. The number of aliphatic hydroxyl groups excluding tert-OH is 1. The molecular formula is C37H75NO3. The van der Waals surface area contributed by atoms with E-state index >= 15 is 0 Å². The zero-order valence-corrected chi connectivity index (χ0v) is 28.6. The molecule has 4 nitrogen and oxygen atoms in total. The van der Waals surface area contributed by atoms with Crippen LogP contribution in [0.25, 0.3) is 0 Å². The lowest BCUT2D eigenvalue weighted by molar-refractivity contribution is -0.145. The van der Waals surface area contributed by atoms with E-state index in [1.54, 1.807) is 0 Å². The predicted molar refractivity (Wildman–Crippen MR) is 180 cm³/mol. The number of unbranched alkanes of at least 4 members (excludes halogenated alkanes) is 17. The largest absolute Gasteiger partial charge is 0.465 e. The summed E-state index contributed by atoms with van der Waals surface area (Å²) < 4.78 is 5.47. The van der Waals surface area contributed by atoms with E-state index in [9.17, 15) is 9.90 Å². The molecule has 4 heteroatoms. The summed E-state index contributed by atoms with van der Waals surface area (Å²) in [6, 6.07) is 0.683. The van der Waals surface area contributed by atoms with Crippen molar-refractivity contribution < 1.29 is 14.6 Å². The van der Waals surface area contributed by atoms with Crippen LogP contribution in [0.1, 0.15) is 195 Å². The highest BCUT2D eigenvalue weighted by molar-refractivity contribution is 5.69. The molecule has 0 aromatic heterocycles. The number of carbonyl (C=O) groups excluding carboxylic acids is 1. The van der Waals surface area contributed by atoms with E-state index in [2.05, 4.69) is 32.6 Å². The monoisotopic (exact) mass is 582 g/mol. The Hall–Kier alpha value is -0.610. The van der Waals surface area contributed by atoms with Crippen molar-refractivity contribution in [1.29, 1.82) is 0 Å². The van der Waals surface area contributed by atoms with Crippen LogP contribution < -0.4 is 0 Å². The van der Waals surface area contributed by atoms with Crippen LogP contribution in [0.2, 0.25) is 0 Å². The molecule has 0 saturated carbocycles. The average Bonchev–Trinajstić information content (AvgIpc) is 2.98. The Balaban J connectivity index is 4.44. The summed E-state index contributed by atoms with van der Waals surface area (Å²) in [5.74, 6) is 0.512. The van der Waals surface area contributed by atoms with Crippen LogP contribution >= 0.6 is 0 Å².